The number of carbonyl (C=O) groups excluding carboxylic acids is 1. The van der Waals surface area contributed by atoms with Gasteiger partial charge in [0, 0.05) is 0 Å². The van der Waals surface area contributed by atoms with Gasteiger partial charge in [-0.3, -0.25) is 10.6 Å². The van der Waals surface area contributed by atoms with Crippen LogP contribution in [0.25, 0.3) is 0 Å². The Balaban J connectivity index is 3.46. The molecule has 0 aliphatic heterocycles. The smallest absolute Gasteiger partial charge is 0.370 e. The van der Waals surface area contributed by atoms with Crippen LogP contribution in [0.15, 0.2) is 0 Å². The molecule has 0 aromatic rings. The first-order valence-electron chi connectivity index (χ1n) is 1.74. The molecule has 0 radical (unpaired) electrons. The van der Waals surface area contributed by atoms with Crippen molar-refractivity contribution in [2.45, 2.75) is 6.23 Å². The van der Waals surface area contributed by atoms with Gasteiger partial charge in [-0.1, -0.05) is 0 Å². The van der Waals surface area contributed by atoms with Crippen LogP contribution in [-0.2, 0) is 14.5 Å². The van der Waals surface area contributed by atoms with E-state index in [0.717, 1.165) is 0 Å². The van der Waals surface area contributed by atoms with E-state index in [9.17, 15) is 4.79 Å². The van der Waals surface area contributed by atoms with Gasteiger partial charge in [-0.05, 0) is 0 Å². The topological polar surface area (TPSA) is 114 Å². The minimum Gasteiger partial charge on any atom is -0.370 e. The monoisotopic (exact) mass is 121 g/mol. The van der Waals surface area contributed by atoms with E-state index < -0.39 is 12.2 Å². The number of nitrogens with two attached hydrogens (primary N) is 3. The molecule has 6 heteroatoms. The maximum Gasteiger partial charge on any atom is 0.370 e. The Morgan fingerprint density at radius 2 is 2.00 bits per heavy atom. The second-order valence-corrected chi connectivity index (χ2v) is 0.994. The van der Waals surface area contributed by atoms with E-state index in [1.807, 2.05) is 0 Å². The van der Waals surface area contributed by atoms with Crippen molar-refractivity contribution in [1.82, 2.24) is 0 Å². The summed E-state index contributed by atoms with van der Waals surface area (Å²) < 4.78 is 0. The Bertz CT molecular complexity index is 84.6. The third-order valence-corrected chi connectivity index (χ3v) is 0.495. The average molecular weight is 121 g/mol. The fourth-order valence-electron chi connectivity index (χ4n) is 0.123. The Kier molecular flexibility index (Phi) is 3.04. The van der Waals surface area contributed by atoms with E-state index >= 15 is 0 Å². The molecule has 0 aliphatic rings. The lowest BCUT2D eigenvalue weighted by Crippen LogP contribution is -2.38. The molecule has 0 rings (SSSR count). The zero-order valence-corrected chi connectivity index (χ0v) is 4.03. The van der Waals surface area contributed by atoms with Gasteiger partial charge in [-0.25, -0.2) is 10.7 Å². The molecule has 0 aromatic carbocycles. The van der Waals surface area contributed by atoms with Crippen molar-refractivity contribution in [3.63, 3.8) is 0 Å². The molecule has 0 bridgehead atoms. The van der Waals surface area contributed by atoms with Crippen molar-refractivity contribution >= 4 is 5.97 Å². The standard InChI is InChI=1S/C2H7N3O3/c3-1(7-4)2(6)8-5/h1H,3-5H2. The third kappa shape index (κ3) is 1.85. The van der Waals surface area contributed by atoms with E-state index in [4.69, 9.17) is 5.73 Å². The molecular weight excluding hydrogens is 114 g/mol. The number of hydrogen-bond acceptors (Lipinski definition) is 6. The minimum absolute atomic E-state index is 0.910. The summed E-state index contributed by atoms with van der Waals surface area (Å²) in [5.41, 5.74) is 4.83. The third-order valence-electron chi connectivity index (χ3n) is 0.495. The van der Waals surface area contributed by atoms with Crippen LogP contribution in [0.1, 0.15) is 0 Å². The van der Waals surface area contributed by atoms with Crippen LogP contribution in [0.3, 0.4) is 0 Å². The molecule has 0 aromatic heterocycles. The van der Waals surface area contributed by atoms with E-state index in [2.05, 4.69) is 21.5 Å². The highest BCUT2D eigenvalue weighted by atomic mass is 16.7. The van der Waals surface area contributed by atoms with Crippen molar-refractivity contribution < 1.29 is 14.5 Å². The number of rotatable bonds is 2. The SMILES string of the molecule is NOC(=O)C(N)ON. The molecule has 0 fully saturated rings. The summed E-state index contributed by atoms with van der Waals surface area (Å²) in [5, 5.41) is 0. The highest BCUT2D eigenvalue weighted by Gasteiger charge is 2.12. The summed E-state index contributed by atoms with van der Waals surface area (Å²) in [5.74, 6) is 7.94. The molecular formula is C2H7N3O3. The molecule has 0 amide bonds. The van der Waals surface area contributed by atoms with E-state index in [0.29, 0.717) is 0 Å². The van der Waals surface area contributed by atoms with Gasteiger partial charge < -0.3 is 4.84 Å². The molecule has 1 unspecified atom stereocenters. The molecule has 0 spiro atoms. The van der Waals surface area contributed by atoms with E-state index in [1.54, 1.807) is 0 Å². The lowest BCUT2D eigenvalue weighted by atomic mass is 10.6. The number of hydrogen-bond donors (Lipinski definition) is 3. The summed E-state index contributed by atoms with van der Waals surface area (Å²) in [6, 6.07) is 0. The van der Waals surface area contributed by atoms with E-state index in [-0.39, 0.29) is 0 Å². The lowest BCUT2D eigenvalue weighted by molar-refractivity contribution is -0.157. The predicted molar refractivity (Wildman–Crippen MR) is 23.5 cm³/mol. The van der Waals surface area contributed by atoms with Crippen LogP contribution in [0.5, 0.6) is 0 Å². The summed E-state index contributed by atoms with van der Waals surface area (Å²) in [4.78, 5) is 17.5. The number of carbonyl (C=O) groups is 1. The van der Waals surface area contributed by atoms with Crippen molar-refractivity contribution in [1.29, 1.82) is 0 Å². The molecule has 6 N–H and O–H groups in total. The average Bonchev–Trinajstić information content (AvgIpc) is 1.84. The summed E-state index contributed by atoms with van der Waals surface area (Å²) in [7, 11) is 0. The van der Waals surface area contributed by atoms with Crippen molar-refractivity contribution in [3.05, 3.63) is 0 Å². The van der Waals surface area contributed by atoms with Crippen LogP contribution in [0, 0.1) is 0 Å². The fourth-order valence-corrected chi connectivity index (χ4v) is 0.123. The van der Waals surface area contributed by atoms with Crippen LogP contribution in [0.2, 0.25) is 0 Å². The van der Waals surface area contributed by atoms with E-state index in [1.165, 1.54) is 0 Å². The first-order valence-corrected chi connectivity index (χ1v) is 1.74. The van der Waals surface area contributed by atoms with Crippen molar-refractivity contribution in [2.75, 3.05) is 0 Å². The fraction of sp³-hybridized carbons (Fsp3) is 0.500. The van der Waals surface area contributed by atoms with Crippen LogP contribution in [0.4, 0.5) is 0 Å². The lowest BCUT2D eigenvalue weighted by Gasteiger charge is -2.02. The first kappa shape index (κ1) is 7.31. The molecule has 8 heavy (non-hydrogen) atoms. The van der Waals surface area contributed by atoms with Gasteiger partial charge in [-0.15, -0.1) is 0 Å². The van der Waals surface area contributed by atoms with Gasteiger partial charge in [0.05, 0.1) is 0 Å². The van der Waals surface area contributed by atoms with Crippen molar-refractivity contribution in [3.8, 4) is 0 Å². The molecule has 0 saturated heterocycles. The molecule has 1 atom stereocenters. The van der Waals surface area contributed by atoms with Gasteiger partial charge in [0.15, 0.2) is 0 Å². The Morgan fingerprint density at radius 3 is 2.12 bits per heavy atom. The molecule has 0 heterocycles. The molecule has 0 aliphatic carbocycles. The first-order chi connectivity index (χ1) is 3.72. The van der Waals surface area contributed by atoms with Gasteiger partial charge in [0.25, 0.3) is 0 Å². The second kappa shape index (κ2) is 3.33. The summed E-state index contributed by atoms with van der Waals surface area (Å²) in [6.45, 7) is 0. The van der Waals surface area contributed by atoms with Gasteiger partial charge in [0.1, 0.15) is 0 Å². The highest BCUT2D eigenvalue weighted by molar-refractivity contribution is 5.73. The summed E-state index contributed by atoms with van der Waals surface area (Å²) >= 11 is 0. The van der Waals surface area contributed by atoms with Gasteiger partial charge in [-0.2, -0.15) is 5.90 Å². The maximum absolute atomic E-state index is 10.1. The zero-order chi connectivity index (χ0) is 6.57. The Labute approximate surface area is 45.4 Å². The molecule has 48 valence electrons. The van der Waals surface area contributed by atoms with Crippen LogP contribution in [-0.4, -0.2) is 12.2 Å². The highest BCUT2D eigenvalue weighted by Crippen LogP contribution is 1.76. The molecule has 6 nitrogen and oxygen atoms in total. The largest absolute Gasteiger partial charge is 0.370 e. The van der Waals surface area contributed by atoms with Crippen LogP contribution < -0.4 is 17.5 Å². The van der Waals surface area contributed by atoms with Gasteiger partial charge in [0.2, 0.25) is 6.23 Å². The Hall–Kier alpha value is -0.690. The van der Waals surface area contributed by atoms with Gasteiger partial charge >= 0.3 is 5.97 Å². The summed E-state index contributed by atoms with van der Waals surface area (Å²) in [6.07, 6.45) is -1.29. The minimum atomic E-state index is -1.29. The quantitative estimate of drug-likeness (QED) is 0.276. The van der Waals surface area contributed by atoms with Crippen molar-refractivity contribution in [2.24, 2.45) is 17.5 Å². The second-order valence-electron chi connectivity index (χ2n) is 0.994. The predicted octanol–water partition coefficient (Wildman–Crippen LogP) is -2.42. The molecule has 0 saturated carbocycles. The maximum atomic E-state index is 10.1. The zero-order valence-electron chi connectivity index (χ0n) is 4.03. The normalized spacial score (nSPS) is 12.9. The van der Waals surface area contributed by atoms with Crippen LogP contribution >= 0.6 is 0 Å². The Morgan fingerprint density at radius 1 is 1.50 bits per heavy atom.